The molecule has 8 heteroatoms. The van der Waals surface area contributed by atoms with Crippen LogP contribution in [-0.4, -0.2) is 92.3 Å². The number of hydrogen-bond acceptors (Lipinski definition) is 7. The fraction of sp³-hybridized carbons (Fsp3) is 0.737. The maximum absolute atomic E-state index is 12.1. The Labute approximate surface area is 160 Å². The highest BCUT2D eigenvalue weighted by Crippen LogP contribution is 2.40. The summed E-state index contributed by atoms with van der Waals surface area (Å²) in [5, 5.41) is 0. The highest BCUT2D eigenvalue weighted by molar-refractivity contribution is 5.77. The van der Waals surface area contributed by atoms with Crippen LogP contribution in [0.1, 0.15) is 23.4 Å². The number of amides is 1. The van der Waals surface area contributed by atoms with E-state index in [1.807, 2.05) is 0 Å². The van der Waals surface area contributed by atoms with E-state index in [4.69, 9.17) is 19.4 Å². The van der Waals surface area contributed by atoms with Crippen LogP contribution in [0.25, 0.3) is 0 Å². The molecule has 0 N–H and O–H groups in total. The van der Waals surface area contributed by atoms with Gasteiger partial charge in [0.1, 0.15) is 0 Å². The molecule has 0 bridgehead atoms. The summed E-state index contributed by atoms with van der Waals surface area (Å²) in [6.45, 7) is 8.50. The number of nitrogens with zero attached hydrogens (tertiary/aromatic N) is 5. The number of aryl methyl sites for hydroxylation is 1. The maximum Gasteiger partial charge on any atom is 0.236 e. The molecule has 0 radical (unpaired) electrons. The third kappa shape index (κ3) is 3.53. The van der Waals surface area contributed by atoms with Crippen LogP contribution in [0, 0.1) is 6.92 Å². The number of ether oxygens (including phenoxy) is 2. The lowest BCUT2D eigenvalue weighted by atomic mass is 9.80. The van der Waals surface area contributed by atoms with Crippen molar-refractivity contribution in [3.8, 4) is 0 Å². The van der Waals surface area contributed by atoms with Crippen molar-refractivity contribution < 1.29 is 14.3 Å². The Kier molecular flexibility index (Phi) is 5.05. The van der Waals surface area contributed by atoms with Gasteiger partial charge < -0.3 is 19.3 Å². The molecule has 3 aliphatic rings. The van der Waals surface area contributed by atoms with E-state index in [0.717, 1.165) is 55.5 Å². The molecule has 1 atom stereocenters. The standard InChI is InChI=1S/C19H29N5O3/c1-14-15-11-27-13-19(4-5-23(12-19)10-16(25)22(2)3)17(15)21-18(20-14)24-6-8-26-9-7-24/h4-13H2,1-3H3. The predicted octanol–water partition coefficient (Wildman–Crippen LogP) is 0.184. The van der Waals surface area contributed by atoms with Crippen LogP contribution in [0.2, 0.25) is 0 Å². The first-order valence-electron chi connectivity index (χ1n) is 9.69. The number of likely N-dealkylation sites (tertiary alicyclic amines) is 1. The Balaban J connectivity index is 1.62. The van der Waals surface area contributed by atoms with Crippen LogP contribution in [0.5, 0.6) is 0 Å². The highest BCUT2D eigenvalue weighted by atomic mass is 16.5. The zero-order valence-electron chi connectivity index (χ0n) is 16.5. The Bertz CT molecular complexity index is 720. The van der Waals surface area contributed by atoms with E-state index in [9.17, 15) is 4.79 Å². The summed E-state index contributed by atoms with van der Waals surface area (Å²) in [7, 11) is 3.61. The van der Waals surface area contributed by atoms with Crippen molar-refractivity contribution in [2.45, 2.75) is 25.4 Å². The zero-order valence-corrected chi connectivity index (χ0v) is 16.5. The molecule has 0 saturated carbocycles. The molecule has 0 aliphatic carbocycles. The highest BCUT2D eigenvalue weighted by Gasteiger charge is 2.46. The smallest absolute Gasteiger partial charge is 0.236 e. The van der Waals surface area contributed by atoms with Gasteiger partial charge in [-0.15, -0.1) is 0 Å². The fourth-order valence-electron chi connectivity index (χ4n) is 4.25. The number of carbonyl (C=O) groups is 1. The van der Waals surface area contributed by atoms with Crippen LogP contribution in [0.3, 0.4) is 0 Å². The normalized spacial score (nSPS) is 25.7. The van der Waals surface area contributed by atoms with Crippen molar-refractivity contribution in [1.29, 1.82) is 0 Å². The average Bonchev–Trinajstić information content (AvgIpc) is 3.06. The molecular formula is C19H29N5O3. The summed E-state index contributed by atoms with van der Waals surface area (Å²) in [5.74, 6) is 0.940. The third-order valence-electron chi connectivity index (χ3n) is 5.91. The van der Waals surface area contributed by atoms with E-state index >= 15 is 0 Å². The van der Waals surface area contributed by atoms with Gasteiger partial charge in [-0.1, -0.05) is 0 Å². The lowest BCUT2D eigenvalue weighted by Crippen LogP contribution is -2.44. The number of aromatic nitrogens is 2. The van der Waals surface area contributed by atoms with Gasteiger partial charge >= 0.3 is 0 Å². The molecule has 2 saturated heterocycles. The Morgan fingerprint density at radius 3 is 2.70 bits per heavy atom. The number of hydrogen-bond donors (Lipinski definition) is 0. The molecular weight excluding hydrogens is 346 g/mol. The number of likely N-dealkylation sites (N-methyl/N-ethyl adjacent to an activating group) is 1. The summed E-state index contributed by atoms with van der Waals surface area (Å²) in [5.41, 5.74) is 3.11. The van der Waals surface area contributed by atoms with Crippen molar-refractivity contribution in [3.63, 3.8) is 0 Å². The van der Waals surface area contributed by atoms with Gasteiger partial charge in [0.2, 0.25) is 11.9 Å². The van der Waals surface area contributed by atoms with Gasteiger partial charge in [0.25, 0.3) is 0 Å². The second-order valence-electron chi connectivity index (χ2n) is 8.06. The SMILES string of the molecule is Cc1nc(N2CCOCC2)nc2c1COCC21CCN(CC(=O)N(C)C)C1. The van der Waals surface area contributed by atoms with Crippen LogP contribution >= 0.6 is 0 Å². The van der Waals surface area contributed by atoms with Crippen molar-refractivity contribution in [2.24, 2.45) is 0 Å². The first kappa shape index (κ1) is 18.6. The predicted molar refractivity (Wildman–Crippen MR) is 101 cm³/mol. The van der Waals surface area contributed by atoms with Crippen LogP contribution in [0.15, 0.2) is 0 Å². The quantitative estimate of drug-likeness (QED) is 0.747. The summed E-state index contributed by atoms with van der Waals surface area (Å²) in [4.78, 5) is 28.0. The van der Waals surface area contributed by atoms with Crippen molar-refractivity contribution in [3.05, 3.63) is 17.0 Å². The monoisotopic (exact) mass is 375 g/mol. The number of fused-ring (bicyclic) bond motifs is 2. The molecule has 148 valence electrons. The number of morpholine rings is 1. The van der Waals surface area contributed by atoms with Gasteiger partial charge in [-0.3, -0.25) is 9.69 Å². The van der Waals surface area contributed by atoms with Crippen molar-refractivity contribution in [1.82, 2.24) is 19.8 Å². The number of carbonyl (C=O) groups excluding carboxylic acids is 1. The van der Waals surface area contributed by atoms with Gasteiger partial charge in [0.05, 0.1) is 44.1 Å². The first-order chi connectivity index (χ1) is 13.0. The summed E-state index contributed by atoms with van der Waals surface area (Å²) < 4.78 is 11.4. The van der Waals surface area contributed by atoms with E-state index in [1.54, 1.807) is 19.0 Å². The third-order valence-corrected chi connectivity index (χ3v) is 5.91. The van der Waals surface area contributed by atoms with Gasteiger partial charge in [0.15, 0.2) is 0 Å². The molecule has 8 nitrogen and oxygen atoms in total. The summed E-state index contributed by atoms with van der Waals surface area (Å²) >= 11 is 0. The maximum atomic E-state index is 12.1. The average molecular weight is 375 g/mol. The van der Waals surface area contributed by atoms with E-state index < -0.39 is 0 Å². The van der Waals surface area contributed by atoms with E-state index in [1.165, 1.54) is 0 Å². The Hall–Kier alpha value is -1.77. The molecule has 0 aromatic carbocycles. The van der Waals surface area contributed by atoms with E-state index in [2.05, 4.69) is 16.7 Å². The molecule has 1 aromatic heterocycles. The Morgan fingerprint density at radius 2 is 1.96 bits per heavy atom. The fourth-order valence-corrected chi connectivity index (χ4v) is 4.25. The summed E-state index contributed by atoms with van der Waals surface area (Å²) in [6.07, 6.45) is 0.958. The van der Waals surface area contributed by atoms with Gasteiger partial charge in [-0.05, 0) is 19.9 Å². The Morgan fingerprint density at radius 1 is 1.19 bits per heavy atom. The van der Waals surface area contributed by atoms with Crippen LogP contribution < -0.4 is 4.90 Å². The van der Waals surface area contributed by atoms with Crippen molar-refractivity contribution >= 4 is 11.9 Å². The number of rotatable bonds is 3. The van der Waals surface area contributed by atoms with Crippen LogP contribution in [-0.2, 0) is 26.3 Å². The van der Waals surface area contributed by atoms with E-state index in [0.29, 0.717) is 33.0 Å². The number of anilines is 1. The second-order valence-corrected chi connectivity index (χ2v) is 8.06. The van der Waals surface area contributed by atoms with E-state index in [-0.39, 0.29) is 11.3 Å². The summed E-state index contributed by atoms with van der Waals surface area (Å²) in [6, 6.07) is 0. The molecule has 4 heterocycles. The minimum atomic E-state index is -0.144. The van der Waals surface area contributed by atoms with Gasteiger partial charge in [0, 0.05) is 45.0 Å². The lowest BCUT2D eigenvalue weighted by Gasteiger charge is -2.36. The van der Waals surface area contributed by atoms with Gasteiger partial charge in [-0.2, -0.15) is 0 Å². The van der Waals surface area contributed by atoms with Gasteiger partial charge in [-0.25, -0.2) is 9.97 Å². The van der Waals surface area contributed by atoms with Crippen LogP contribution in [0.4, 0.5) is 5.95 Å². The molecule has 2 fully saturated rings. The minimum absolute atomic E-state index is 0.136. The van der Waals surface area contributed by atoms with Crippen molar-refractivity contribution in [2.75, 3.05) is 71.5 Å². The lowest BCUT2D eigenvalue weighted by molar-refractivity contribution is -0.129. The topological polar surface area (TPSA) is 71.0 Å². The molecule has 1 unspecified atom stereocenters. The molecule has 1 amide bonds. The molecule has 3 aliphatic heterocycles. The molecule has 1 aromatic rings. The molecule has 27 heavy (non-hydrogen) atoms. The molecule has 1 spiro atoms. The second kappa shape index (κ2) is 7.33. The molecule has 4 rings (SSSR count). The first-order valence-corrected chi connectivity index (χ1v) is 9.69. The largest absolute Gasteiger partial charge is 0.378 e. The zero-order chi connectivity index (χ0) is 19.0. The minimum Gasteiger partial charge on any atom is -0.378 e.